The second kappa shape index (κ2) is 9.78. The minimum atomic E-state index is -0.501. The molecule has 4 fully saturated rings. The highest BCUT2D eigenvalue weighted by Crippen LogP contribution is 2.58. The van der Waals surface area contributed by atoms with Crippen molar-refractivity contribution < 1.29 is 14.3 Å². The maximum absolute atomic E-state index is 13.0. The molecule has 4 bridgehead atoms. The maximum atomic E-state index is 13.0. The molecule has 0 unspecified atom stereocenters. The lowest BCUT2D eigenvalue weighted by Crippen LogP contribution is -2.52. The van der Waals surface area contributed by atoms with Crippen molar-refractivity contribution in [1.82, 2.24) is 14.7 Å². The predicted molar refractivity (Wildman–Crippen MR) is 146 cm³/mol. The van der Waals surface area contributed by atoms with E-state index < -0.39 is 5.97 Å². The van der Waals surface area contributed by atoms with Crippen molar-refractivity contribution in [1.29, 1.82) is 0 Å². The number of methoxy groups -OCH3 is 1. The van der Waals surface area contributed by atoms with Crippen molar-refractivity contribution in [2.24, 2.45) is 17.8 Å². The molecule has 0 aliphatic heterocycles. The third kappa shape index (κ3) is 4.42. The summed E-state index contributed by atoms with van der Waals surface area (Å²) in [5.74, 6) is 2.59. The molecule has 194 valence electrons. The van der Waals surface area contributed by atoms with Gasteiger partial charge in [0.1, 0.15) is 5.00 Å². The van der Waals surface area contributed by atoms with Gasteiger partial charge in [-0.15, -0.1) is 11.3 Å². The second-order valence-electron chi connectivity index (χ2n) is 10.6. The van der Waals surface area contributed by atoms with Crippen LogP contribution in [0.3, 0.4) is 0 Å². The van der Waals surface area contributed by atoms with Crippen LogP contribution in [-0.2, 0) is 10.3 Å². The van der Waals surface area contributed by atoms with Gasteiger partial charge in [0.05, 0.1) is 23.1 Å². The number of nitrogens with zero attached hydrogens (tertiary/aromatic N) is 3. The average molecular weight is 530 g/mol. The van der Waals surface area contributed by atoms with E-state index >= 15 is 0 Å². The predicted octanol–water partition coefficient (Wildman–Crippen LogP) is 5.26. The van der Waals surface area contributed by atoms with E-state index in [1.165, 1.54) is 57.0 Å². The summed E-state index contributed by atoms with van der Waals surface area (Å²) in [5, 5.41) is 12.0. The van der Waals surface area contributed by atoms with E-state index in [9.17, 15) is 9.59 Å². The summed E-state index contributed by atoms with van der Waals surface area (Å²) in [5.41, 5.74) is 1.08. The van der Waals surface area contributed by atoms with Gasteiger partial charge in [-0.05, 0) is 94.8 Å². The molecule has 0 aromatic carbocycles. The third-order valence-corrected chi connectivity index (χ3v) is 9.73. The van der Waals surface area contributed by atoms with E-state index in [0.717, 1.165) is 17.8 Å². The largest absolute Gasteiger partial charge is 0.465 e. The first-order chi connectivity index (χ1) is 17.3. The summed E-state index contributed by atoms with van der Waals surface area (Å²) in [6.07, 6.45) is 9.92. The fourth-order valence-corrected chi connectivity index (χ4v) is 8.50. The van der Waals surface area contributed by atoms with Crippen LogP contribution in [0.5, 0.6) is 0 Å². The molecule has 1 amide bonds. The highest BCUT2D eigenvalue weighted by molar-refractivity contribution is 7.80. The van der Waals surface area contributed by atoms with Crippen molar-refractivity contribution >= 4 is 51.4 Å². The van der Waals surface area contributed by atoms with Gasteiger partial charge < -0.3 is 20.3 Å². The first-order valence-electron chi connectivity index (χ1n) is 12.9. The van der Waals surface area contributed by atoms with Crippen LogP contribution >= 0.6 is 23.6 Å². The monoisotopic (exact) mass is 529 g/mol. The fraction of sp³-hybridized carbons (Fsp3) is 0.615. The van der Waals surface area contributed by atoms with E-state index in [1.54, 1.807) is 11.8 Å². The molecular weight excluding hydrogens is 494 g/mol. The number of rotatable bonds is 7. The van der Waals surface area contributed by atoms with E-state index in [4.69, 9.17) is 22.1 Å². The molecular formula is C26H35N5O3S2. The molecule has 8 nitrogen and oxygen atoms in total. The number of carbonyl (C=O) groups is 2. The van der Waals surface area contributed by atoms with E-state index in [-0.39, 0.29) is 11.4 Å². The maximum Gasteiger partial charge on any atom is 0.341 e. The van der Waals surface area contributed by atoms with E-state index in [1.807, 2.05) is 19.9 Å². The van der Waals surface area contributed by atoms with Crippen molar-refractivity contribution in [2.75, 3.05) is 30.8 Å². The lowest BCUT2D eigenvalue weighted by molar-refractivity contribution is -0.0492. The molecule has 6 rings (SSSR count). The Kier molecular flexibility index (Phi) is 6.84. The Labute approximate surface area is 221 Å². The number of carbonyl (C=O) groups excluding carboxylic acids is 2. The van der Waals surface area contributed by atoms with Gasteiger partial charge in [0, 0.05) is 25.4 Å². The number of aromatic nitrogens is 2. The zero-order valence-electron chi connectivity index (χ0n) is 21.4. The first kappa shape index (κ1) is 25.2. The number of hydrogen-bond donors (Lipinski definition) is 2. The van der Waals surface area contributed by atoms with Crippen LogP contribution in [0.2, 0.25) is 0 Å². The van der Waals surface area contributed by atoms with Crippen LogP contribution < -0.4 is 10.6 Å². The molecule has 4 aliphatic rings. The quantitative estimate of drug-likeness (QED) is 0.374. The fourth-order valence-electron chi connectivity index (χ4n) is 7.06. The molecule has 2 N–H and O–H groups in total. The zero-order valence-corrected chi connectivity index (χ0v) is 23.1. The highest BCUT2D eigenvalue weighted by Gasteiger charge is 2.52. The Bertz CT molecular complexity index is 1150. The van der Waals surface area contributed by atoms with Crippen molar-refractivity contribution in [2.45, 2.75) is 64.8 Å². The molecule has 2 aromatic rings. The topological polar surface area (TPSA) is 88.5 Å². The van der Waals surface area contributed by atoms with Crippen LogP contribution in [0.15, 0.2) is 12.3 Å². The average Bonchev–Trinajstić information content (AvgIpc) is 3.43. The van der Waals surface area contributed by atoms with Crippen LogP contribution in [0.4, 0.5) is 10.8 Å². The van der Waals surface area contributed by atoms with Crippen molar-refractivity contribution in [3.05, 3.63) is 28.3 Å². The Morgan fingerprint density at radius 3 is 2.33 bits per heavy atom. The molecule has 0 atom stereocenters. The summed E-state index contributed by atoms with van der Waals surface area (Å²) >= 11 is 6.80. The number of ether oxygens (including phenoxy) is 1. The zero-order chi connectivity index (χ0) is 25.6. The van der Waals surface area contributed by atoms with Gasteiger partial charge in [-0.25, -0.2) is 4.79 Å². The molecule has 36 heavy (non-hydrogen) atoms. The highest BCUT2D eigenvalue weighted by atomic mass is 32.1. The Morgan fingerprint density at radius 1 is 1.17 bits per heavy atom. The minimum absolute atomic E-state index is 0.103. The summed E-state index contributed by atoms with van der Waals surface area (Å²) in [7, 11) is 1.34. The summed E-state index contributed by atoms with van der Waals surface area (Å²) < 4.78 is 7.19. The molecule has 0 radical (unpaired) electrons. The second-order valence-corrected chi connectivity index (χ2v) is 12.0. The number of esters is 1. The van der Waals surface area contributed by atoms with Gasteiger partial charge in [-0.3, -0.25) is 9.48 Å². The smallest absolute Gasteiger partial charge is 0.341 e. The van der Waals surface area contributed by atoms with Gasteiger partial charge in [0.15, 0.2) is 10.9 Å². The summed E-state index contributed by atoms with van der Waals surface area (Å²) in [6.45, 7) is 6.83. The minimum Gasteiger partial charge on any atom is -0.465 e. The van der Waals surface area contributed by atoms with Gasteiger partial charge in [0.25, 0.3) is 5.91 Å². The van der Waals surface area contributed by atoms with E-state index in [2.05, 4.69) is 21.5 Å². The van der Waals surface area contributed by atoms with Gasteiger partial charge in [-0.1, -0.05) is 0 Å². The number of thiocarbonyl (C=S) groups is 1. The Balaban J connectivity index is 1.33. The lowest BCUT2D eigenvalue weighted by atomic mass is 9.53. The van der Waals surface area contributed by atoms with Crippen LogP contribution in [-0.4, -0.2) is 51.9 Å². The van der Waals surface area contributed by atoms with Gasteiger partial charge in [-0.2, -0.15) is 5.10 Å². The number of hydrogen-bond acceptors (Lipinski definition) is 6. The van der Waals surface area contributed by atoms with Gasteiger partial charge >= 0.3 is 5.97 Å². The van der Waals surface area contributed by atoms with Crippen molar-refractivity contribution in [3.8, 4) is 0 Å². The molecule has 4 saturated carbocycles. The summed E-state index contributed by atoms with van der Waals surface area (Å²) in [4.78, 5) is 27.9. The van der Waals surface area contributed by atoms with Crippen LogP contribution in [0.1, 0.15) is 78.0 Å². The van der Waals surface area contributed by atoms with Crippen LogP contribution in [0, 0.1) is 24.7 Å². The molecule has 0 saturated heterocycles. The molecule has 0 spiro atoms. The SMILES string of the molecule is CCN(CC)C(=O)c1sc(NC(=S)Nc2ccn(C34CC5CC(CC(C5)C3)C4)n2)c(C(=O)OC)c1C. The van der Waals surface area contributed by atoms with Gasteiger partial charge in [0.2, 0.25) is 0 Å². The number of anilines is 2. The first-order valence-corrected chi connectivity index (χ1v) is 14.1. The summed E-state index contributed by atoms with van der Waals surface area (Å²) in [6, 6.07) is 1.96. The van der Waals surface area contributed by atoms with E-state index in [0.29, 0.717) is 45.0 Å². The molecule has 2 heterocycles. The third-order valence-electron chi connectivity index (χ3n) is 8.33. The number of nitrogens with one attached hydrogen (secondary N) is 2. The molecule has 4 aliphatic carbocycles. The lowest BCUT2D eigenvalue weighted by Gasteiger charge is -2.56. The number of thiophene rings is 1. The Hall–Kier alpha value is -2.46. The number of amides is 1. The molecule has 10 heteroatoms. The molecule has 2 aromatic heterocycles. The Morgan fingerprint density at radius 2 is 1.78 bits per heavy atom. The van der Waals surface area contributed by atoms with Crippen LogP contribution in [0.25, 0.3) is 0 Å². The standard InChI is InChI=1S/C26H35N5O3S2/c1-5-30(6-2)23(32)21-15(3)20(24(33)34-4)22(36-21)28-25(35)27-19-7-8-31(29-19)26-12-16-9-17(13-26)11-18(10-16)14-26/h7-8,16-18H,5-6,9-14H2,1-4H3,(H2,27,28,29,35). The normalized spacial score (nSPS) is 26.1. The van der Waals surface area contributed by atoms with Crippen molar-refractivity contribution in [3.63, 3.8) is 0 Å².